The number of alkyl halides is 3. The maximum atomic E-state index is 13.4. The smallest absolute Gasteiger partial charge is 0.398 e. The minimum Gasteiger partial charge on any atom is -0.398 e. The van der Waals surface area contributed by atoms with Gasteiger partial charge < -0.3 is 15.5 Å². The number of piperazine rings is 1. The predicted molar refractivity (Wildman–Crippen MR) is 132 cm³/mol. The Balaban J connectivity index is 1.32. The van der Waals surface area contributed by atoms with Crippen LogP contribution in [0.1, 0.15) is 64.4 Å². The van der Waals surface area contributed by atoms with Gasteiger partial charge in [0.05, 0.1) is 11.7 Å². The number of nitrogens with zero attached hydrogens (tertiary/aromatic N) is 3. The van der Waals surface area contributed by atoms with Crippen molar-refractivity contribution >= 4 is 17.3 Å². The molecule has 4 bridgehead atoms. The van der Waals surface area contributed by atoms with Gasteiger partial charge in [0.2, 0.25) is 5.91 Å². The highest BCUT2D eigenvalue weighted by Gasteiger charge is 2.52. The molecule has 4 saturated carbocycles. The number of halogens is 3. The van der Waals surface area contributed by atoms with Gasteiger partial charge in [0.1, 0.15) is 0 Å². The Hall–Kier alpha value is -1.96. The molecular formula is C27H39F3N4O. The van der Waals surface area contributed by atoms with Crippen molar-refractivity contribution in [2.24, 2.45) is 23.7 Å². The molecule has 1 aromatic rings. The van der Waals surface area contributed by atoms with E-state index < -0.39 is 11.7 Å². The Morgan fingerprint density at radius 3 is 2.17 bits per heavy atom. The molecule has 5 nitrogen and oxygen atoms in total. The number of carbonyl (C=O) groups excluding carboxylic acids is 1. The molecule has 1 saturated heterocycles. The summed E-state index contributed by atoms with van der Waals surface area (Å²) in [4.78, 5) is 19.8. The molecule has 0 radical (unpaired) electrons. The topological polar surface area (TPSA) is 52.8 Å². The molecule has 2 N–H and O–H groups in total. The average molecular weight is 493 g/mol. The van der Waals surface area contributed by atoms with Crippen molar-refractivity contribution in [2.45, 2.75) is 77.2 Å². The Kier molecular flexibility index (Phi) is 6.70. The maximum absolute atomic E-state index is 13.4. The van der Waals surface area contributed by atoms with Crippen molar-refractivity contribution in [3.63, 3.8) is 0 Å². The zero-order valence-corrected chi connectivity index (χ0v) is 20.9. The summed E-state index contributed by atoms with van der Waals surface area (Å²) in [6.45, 7) is 6.63. The molecule has 1 amide bonds. The summed E-state index contributed by atoms with van der Waals surface area (Å²) in [6, 6.07) is 4.56. The molecule has 8 heteroatoms. The van der Waals surface area contributed by atoms with E-state index in [1.54, 1.807) is 13.0 Å². The molecule has 1 aliphatic heterocycles. The molecule has 5 aliphatic rings. The van der Waals surface area contributed by atoms with E-state index in [4.69, 9.17) is 5.73 Å². The lowest BCUT2D eigenvalue weighted by atomic mass is 9.53. The summed E-state index contributed by atoms with van der Waals surface area (Å²) in [5.74, 6) is 3.16. The van der Waals surface area contributed by atoms with E-state index in [1.807, 2.05) is 4.90 Å². The van der Waals surface area contributed by atoms with Crippen molar-refractivity contribution in [1.82, 2.24) is 9.80 Å². The number of anilines is 2. The van der Waals surface area contributed by atoms with E-state index in [2.05, 4.69) is 16.7 Å². The van der Waals surface area contributed by atoms with Gasteiger partial charge in [0, 0.05) is 50.5 Å². The number of amides is 1. The van der Waals surface area contributed by atoms with Gasteiger partial charge in [-0.2, -0.15) is 13.2 Å². The summed E-state index contributed by atoms with van der Waals surface area (Å²) >= 11 is 0. The average Bonchev–Trinajstić information content (AvgIpc) is 2.79. The van der Waals surface area contributed by atoms with Crippen LogP contribution in [0.25, 0.3) is 0 Å². The van der Waals surface area contributed by atoms with Crippen LogP contribution in [0.15, 0.2) is 18.2 Å². The zero-order chi connectivity index (χ0) is 24.9. The highest BCUT2D eigenvalue weighted by atomic mass is 19.4. The summed E-state index contributed by atoms with van der Waals surface area (Å²) in [5.41, 5.74) is 5.14. The lowest BCUT2D eigenvalue weighted by Gasteiger charge is -2.59. The van der Waals surface area contributed by atoms with Crippen molar-refractivity contribution in [2.75, 3.05) is 36.8 Å². The zero-order valence-electron chi connectivity index (χ0n) is 20.9. The fourth-order valence-electron chi connectivity index (χ4n) is 7.99. The summed E-state index contributed by atoms with van der Waals surface area (Å²) in [7, 11) is 0. The highest BCUT2D eigenvalue weighted by molar-refractivity contribution is 5.74. The highest BCUT2D eigenvalue weighted by Crippen LogP contribution is 2.55. The minimum absolute atomic E-state index is 0.0688. The Morgan fingerprint density at radius 1 is 1.06 bits per heavy atom. The fraction of sp³-hybridized carbons (Fsp3) is 0.741. The molecular weight excluding hydrogens is 453 g/mol. The molecule has 35 heavy (non-hydrogen) atoms. The van der Waals surface area contributed by atoms with Crippen LogP contribution < -0.4 is 10.6 Å². The number of hydrogen-bond donors (Lipinski definition) is 1. The van der Waals surface area contributed by atoms with Crippen molar-refractivity contribution in [3.8, 4) is 0 Å². The third-order valence-electron chi connectivity index (χ3n) is 9.17. The molecule has 194 valence electrons. The molecule has 1 atom stereocenters. The molecule has 1 heterocycles. The Labute approximate surface area is 206 Å². The molecule has 0 spiro atoms. The third kappa shape index (κ3) is 4.75. The first-order chi connectivity index (χ1) is 16.7. The number of hydrogen-bond acceptors (Lipinski definition) is 4. The first kappa shape index (κ1) is 24.7. The van der Waals surface area contributed by atoms with Crippen LogP contribution in [0, 0.1) is 23.7 Å². The molecule has 4 aliphatic carbocycles. The molecule has 1 unspecified atom stereocenters. The maximum Gasteiger partial charge on any atom is 0.418 e. The third-order valence-corrected chi connectivity index (χ3v) is 9.17. The van der Waals surface area contributed by atoms with Crippen molar-refractivity contribution in [1.29, 1.82) is 0 Å². The van der Waals surface area contributed by atoms with Crippen LogP contribution >= 0.6 is 0 Å². The number of nitrogens with two attached hydrogens (primary N) is 1. The van der Waals surface area contributed by atoms with Crippen LogP contribution in [0.4, 0.5) is 24.5 Å². The van der Waals surface area contributed by atoms with Crippen molar-refractivity contribution < 1.29 is 18.0 Å². The van der Waals surface area contributed by atoms with Gasteiger partial charge >= 0.3 is 6.18 Å². The van der Waals surface area contributed by atoms with E-state index in [9.17, 15) is 18.0 Å². The second kappa shape index (κ2) is 9.49. The van der Waals surface area contributed by atoms with Gasteiger partial charge in [0.15, 0.2) is 0 Å². The second-order valence-corrected chi connectivity index (χ2v) is 11.4. The lowest BCUT2D eigenvalue weighted by molar-refractivity contribution is -0.155. The SMILES string of the molecule is CCCC(N1CCN(c2ccc(N)c(C(F)(F)F)c2)CC1)N(C(C)=O)C1C2CC3CC(C2)CC1C3. The lowest BCUT2D eigenvalue weighted by Crippen LogP contribution is -2.64. The van der Waals surface area contributed by atoms with Crippen LogP contribution in [0.2, 0.25) is 0 Å². The van der Waals surface area contributed by atoms with E-state index >= 15 is 0 Å². The molecule has 0 aromatic heterocycles. The number of rotatable bonds is 6. The van der Waals surface area contributed by atoms with E-state index in [-0.39, 0.29) is 17.8 Å². The molecule has 6 rings (SSSR count). The number of carbonyl (C=O) groups is 1. The van der Waals surface area contributed by atoms with Gasteiger partial charge in [0.25, 0.3) is 0 Å². The van der Waals surface area contributed by atoms with Crippen LogP contribution in [0.5, 0.6) is 0 Å². The number of nitrogen functional groups attached to an aromatic ring is 1. The first-order valence-electron chi connectivity index (χ1n) is 13.4. The van der Waals surface area contributed by atoms with Gasteiger partial charge in [-0.05, 0) is 80.4 Å². The summed E-state index contributed by atoms with van der Waals surface area (Å²) < 4.78 is 40.1. The van der Waals surface area contributed by atoms with Gasteiger partial charge in [-0.15, -0.1) is 0 Å². The van der Waals surface area contributed by atoms with Gasteiger partial charge in [-0.3, -0.25) is 9.69 Å². The monoisotopic (exact) mass is 492 g/mol. The quantitative estimate of drug-likeness (QED) is 0.554. The van der Waals surface area contributed by atoms with Gasteiger partial charge in [-0.25, -0.2) is 0 Å². The van der Waals surface area contributed by atoms with Crippen LogP contribution in [-0.2, 0) is 11.0 Å². The summed E-state index contributed by atoms with van der Waals surface area (Å²) in [6.07, 6.45) is 4.01. The minimum atomic E-state index is -4.46. The van der Waals surface area contributed by atoms with E-state index in [0.29, 0.717) is 36.7 Å². The second-order valence-electron chi connectivity index (χ2n) is 11.4. The fourth-order valence-corrected chi connectivity index (χ4v) is 7.99. The van der Waals surface area contributed by atoms with Crippen LogP contribution in [-0.4, -0.2) is 54.1 Å². The van der Waals surface area contributed by atoms with Crippen molar-refractivity contribution in [3.05, 3.63) is 23.8 Å². The van der Waals surface area contributed by atoms with E-state index in [0.717, 1.165) is 37.8 Å². The Morgan fingerprint density at radius 2 is 1.66 bits per heavy atom. The van der Waals surface area contributed by atoms with E-state index in [1.165, 1.54) is 44.2 Å². The van der Waals surface area contributed by atoms with Crippen LogP contribution in [0.3, 0.4) is 0 Å². The first-order valence-corrected chi connectivity index (χ1v) is 13.4. The predicted octanol–water partition coefficient (Wildman–Crippen LogP) is 5.21. The molecule has 5 fully saturated rings. The Bertz CT molecular complexity index is 899. The normalized spacial score (nSPS) is 31.6. The summed E-state index contributed by atoms with van der Waals surface area (Å²) in [5, 5.41) is 0. The standard InChI is InChI=1S/C27H39F3N4O/c1-3-4-25(34(17(2)35)26-20-12-18-11-19(14-20)15-21(26)13-18)33-9-7-32(8-10-33)22-5-6-24(31)23(16-22)27(28,29)30/h5-6,16,18-21,25-26H,3-4,7-15,31H2,1-2H3. The molecule has 1 aromatic carbocycles. The number of benzene rings is 1. The van der Waals surface area contributed by atoms with Gasteiger partial charge in [-0.1, -0.05) is 13.3 Å². The largest absolute Gasteiger partial charge is 0.418 e.